The van der Waals surface area contributed by atoms with Crippen LogP contribution in [0.5, 0.6) is 5.75 Å². The quantitative estimate of drug-likeness (QED) is 0.700. The van der Waals surface area contributed by atoms with E-state index >= 15 is 0 Å². The largest absolute Gasteiger partial charge is 0.496 e. The van der Waals surface area contributed by atoms with Gasteiger partial charge in [-0.2, -0.15) is 0 Å². The van der Waals surface area contributed by atoms with Crippen molar-refractivity contribution >= 4 is 28.6 Å². The number of carbonyl (C=O) groups excluding carboxylic acids is 3. The number of hydrogen-bond donors (Lipinski definition) is 2. The first-order valence-electron chi connectivity index (χ1n) is 8.33. The standard InChI is InChI=1S/C19H22N2O5/c1-3-10-20-17(22)11-21-18(23)12-26-19(24)15-8-9-16(25-2)14-7-5-4-6-13(14)15/h4-9H,3,10-12H2,1-2H3,(H,20,22)(H,21,23). The summed E-state index contributed by atoms with van der Waals surface area (Å²) in [7, 11) is 1.56. The molecule has 0 unspecified atom stereocenters. The maximum atomic E-state index is 12.3. The highest BCUT2D eigenvalue weighted by Crippen LogP contribution is 2.28. The Labute approximate surface area is 151 Å². The van der Waals surface area contributed by atoms with Crippen LogP contribution in [0.3, 0.4) is 0 Å². The molecule has 0 aliphatic heterocycles. The molecule has 0 saturated heterocycles. The van der Waals surface area contributed by atoms with Gasteiger partial charge in [0, 0.05) is 11.9 Å². The molecule has 26 heavy (non-hydrogen) atoms. The number of hydrogen-bond acceptors (Lipinski definition) is 5. The SMILES string of the molecule is CCCNC(=O)CNC(=O)COC(=O)c1ccc(OC)c2ccccc12. The van der Waals surface area contributed by atoms with E-state index in [-0.39, 0.29) is 12.5 Å². The van der Waals surface area contributed by atoms with Crippen molar-refractivity contribution < 1.29 is 23.9 Å². The van der Waals surface area contributed by atoms with Crippen molar-refractivity contribution in [1.82, 2.24) is 10.6 Å². The predicted molar refractivity (Wildman–Crippen MR) is 97.1 cm³/mol. The van der Waals surface area contributed by atoms with Crippen molar-refractivity contribution in [2.45, 2.75) is 13.3 Å². The van der Waals surface area contributed by atoms with Gasteiger partial charge in [-0.15, -0.1) is 0 Å². The molecule has 0 radical (unpaired) electrons. The fourth-order valence-electron chi connectivity index (χ4n) is 2.39. The van der Waals surface area contributed by atoms with Crippen LogP contribution in [0, 0.1) is 0 Å². The van der Waals surface area contributed by atoms with E-state index in [1.165, 1.54) is 0 Å². The van der Waals surface area contributed by atoms with Crippen LogP contribution in [-0.2, 0) is 14.3 Å². The normalized spacial score (nSPS) is 10.2. The van der Waals surface area contributed by atoms with Crippen molar-refractivity contribution in [1.29, 1.82) is 0 Å². The van der Waals surface area contributed by atoms with Gasteiger partial charge in [-0.25, -0.2) is 4.79 Å². The minimum atomic E-state index is -0.616. The molecule has 0 aromatic heterocycles. The van der Waals surface area contributed by atoms with E-state index in [4.69, 9.17) is 9.47 Å². The molecular weight excluding hydrogens is 336 g/mol. The van der Waals surface area contributed by atoms with E-state index in [0.717, 1.165) is 11.8 Å². The van der Waals surface area contributed by atoms with Gasteiger partial charge in [0.15, 0.2) is 6.61 Å². The highest BCUT2D eigenvalue weighted by molar-refractivity contribution is 6.06. The van der Waals surface area contributed by atoms with Crippen LogP contribution in [0.15, 0.2) is 36.4 Å². The van der Waals surface area contributed by atoms with Crippen LogP contribution in [0.2, 0.25) is 0 Å². The lowest BCUT2D eigenvalue weighted by molar-refractivity contribution is -0.127. The average Bonchev–Trinajstić information content (AvgIpc) is 2.67. The summed E-state index contributed by atoms with van der Waals surface area (Å²) in [6, 6.07) is 10.5. The molecule has 138 valence electrons. The molecule has 0 aliphatic carbocycles. The van der Waals surface area contributed by atoms with Gasteiger partial charge in [0.05, 0.1) is 19.2 Å². The number of methoxy groups -OCH3 is 1. The van der Waals surface area contributed by atoms with Crippen molar-refractivity contribution in [3.63, 3.8) is 0 Å². The zero-order chi connectivity index (χ0) is 18.9. The minimum Gasteiger partial charge on any atom is -0.496 e. The second-order valence-corrected chi connectivity index (χ2v) is 5.56. The molecule has 0 heterocycles. The van der Waals surface area contributed by atoms with Gasteiger partial charge >= 0.3 is 5.97 Å². The number of amides is 2. The van der Waals surface area contributed by atoms with Crippen LogP contribution >= 0.6 is 0 Å². The molecule has 0 spiro atoms. The van der Waals surface area contributed by atoms with E-state index in [0.29, 0.717) is 23.2 Å². The first kappa shape index (κ1) is 19.2. The lowest BCUT2D eigenvalue weighted by atomic mass is 10.0. The smallest absolute Gasteiger partial charge is 0.339 e. The molecule has 2 N–H and O–H groups in total. The summed E-state index contributed by atoms with van der Waals surface area (Å²) >= 11 is 0. The fourth-order valence-corrected chi connectivity index (χ4v) is 2.39. The fraction of sp³-hybridized carbons (Fsp3) is 0.316. The van der Waals surface area contributed by atoms with E-state index in [2.05, 4.69) is 10.6 Å². The number of carbonyl (C=O) groups is 3. The maximum Gasteiger partial charge on any atom is 0.339 e. The van der Waals surface area contributed by atoms with Gasteiger partial charge in [-0.3, -0.25) is 9.59 Å². The second-order valence-electron chi connectivity index (χ2n) is 5.56. The summed E-state index contributed by atoms with van der Waals surface area (Å²) in [6.07, 6.45) is 0.813. The monoisotopic (exact) mass is 358 g/mol. The Kier molecular flexibility index (Phi) is 6.96. The first-order valence-corrected chi connectivity index (χ1v) is 8.33. The summed E-state index contributed by atoms with van der Waals surface area (Å²) in [4.78, 5) is 35.5. The Morgan fingerprint density at radius 1 is 0.962 bits per heavy atom. The topological polar surface area (TPSA) is 93.7 Å². The highest BCUT2D eigenvalue weighted by Gasteiger charge is 2.15. The van der Waals surface area contributed by atoms with Crippen molar-refractivity contribution in [3.05, 3.63) is 42.0 Å². The second kappa shape index (κ2) is 9.41. The first-order chi connectivity index (χ1) is 12.6. The number of benzene rings is 2. The summed E-state index contributed by atoms with van der Waals surface area (Å²) in [5, 5.41) is 6.50. The Morgan fingerprint density at radius 2 is 1.69 bits per heavy atom. The summed E-state index contributed by atoms with van der Waals surface area (Å²) in [5.74, 6) is -0.794. The molecule has 0 bridgehead atoms. The molecule has 2 aromatic carbocycles. The Hall–Kier alpha value is -3.09. The number of ether oxygens (including phenoxy) is 2. The number of fused-ring (bicyclic) bond motifs is 1. The molecule has 2 aromatic rings. The zero-order valence-electron chi connectivity index (χ0n) is 14.8. The summed E-state index contributed by atoms with van der Waals surface area (Å²) in [6.45, 7) is 1.87. The van der Waals surface area contributed by atoms with E-state index in [1.807, 2.05) is 19.1 Å². The lowest BCUT2D eigenvalue weighted by Crippen LogP contribution is -2.38. The van der Waals surface area contributed by atoms with Crippen molar-refractivity contribution in [2.75, 3.05) is 26.8 Å². The molecule has 2 rings (SSSR count). The molecule has 7 nitrogen and oxygen atoms in total. The number of esters is 1. The van der Waals surface area contributed by atoms with E-state index < -0.39 is 18.5 Å². The lowest BCUT2D eigenvalue weighted by Gasteiger charge is -2.10. The molecule has 0 atom stereocenters. The molecule has 7 heteroatoms. The summed E-state index contributed by atoms with van der Waals surface area (Å²) in [5.41, 5.74) is 0.342. The van der Waals surface area contributed by atoms with Gasteiger partial charge in [0.2, 0.25) is 5.91 Å². The molecule has 0 aliphatic rings. The highest BCUT2D eigenvalue weighted by atomic mass is 16.5. The molecule has 0 fully saturated rings. The van der Waals surface area contributed by atoms with Gasteiger partial charge in [0.1, 0.15) is 5.75 Å². The van der Waals surface area contributed by atoms with E-state index in [9.17, 15) is 14.4 Å². The maximum absolute atomic E-state index is 12.3. The summed E-state index contributed by atoms with van der Waals surface area (Å²) < 4.78 is 10.4. The van der Waals surface area contributed by atoms with E-state index in [1.54, 1.807) is 31.4 Å². The van der Waals surface area contributed by atoms with Crippen molar-refractivity contribution in [3.8, 4) is 5.75 Å². The van der Waals surface area contributed by atoms with Crippen LogP contribution in [0.1, 0.15) is 23.7 Å². The van der Waals surface area contributed by atoms with Gasteiger partial charge in [-0.1, -0.05) is 31.2 Å². The molecule has 2 amide bonds. The van der Waals surface area contributed by atoms with Crippen molar-refractivity contribution in [2.24, 2.45) is 0 Å². The van der Waals surface area contributed by atoms with Gasteiger partial charge < -0.3 is 20.1 Å². The molecular formula is C19H22N2O5. The third-order valence-corrected chi connectivity index (χ3v) is 3.68. The Morgan fingerprint density at radius 3 is 2.38 bits per heavy atom. The van der Waals surface area contributed by atoms with Crippen LogP contribution < -0.4 is 15.4 Å². The van der Waals surface area contributed by atoms with Gasteiger partial charge in [-0.05, 0) is 23.9 Å². The Balaban J connectivity index is 1.95. The number of nitrogens with one attached hydrogen (secondary N) is 2. The van der Waals surface area contributed by atoms with Crippen LogP contribution in [-0.4, -0.2) is 44.6 Å². The third kappa shape index (κ3) is 4.95. The van der Waals surface area contributed by atoms with Crippen LogP contribution in [0.25, 0.3) is 10.8 Å². The average molecular weight is 358 g/mol. The number of rotatable bonds is 8. The predicted octanol–water partition coefficient (Wildman–Crippen LogP) is 1.65. The third-order valence-electron chi connectivity index (χ3n) is 3.68. The van der Waals surface area contributed by atoms with Gasteiger partial charge in [0.25, 0.3) is 5.91 Å². The minimum absolute atomic E-state index is 0.151. The van der Waals surface area contributed by atoms with Crippen LogP contribution in [0.4, 0.5) is 0 Å². The zero-order valence-corrected chi connectivity index (χ0v) is 14.8. The Bertz CT molecular complexity index is 804. The molecule has 0 saturated carbocycles.